The summed E-state index contributed by atoms with van der Waals surface area (Å²) in [5.41, 5.74) is 4.34. The molecule has 0 radical (unpaired) electrons. The van der Waals surface area contributed by atoms with Gasteiger partial charge in [-0.05, 0) is 50.3 Å². The number of methoxy groups -OCH3 is 1. The number of nitrogens with one attached hydrogen (secondary N) is 3. The van der Waals surface area contributed by atoms with E-state index in [1.54, 1.807) is 18.2 Å². The zero-order valence-electron chi connectivity index (χ0n) is 21.9. The maximum absolute atomic E-state index is 14.4. The summed E-state index contributed by atoms with van der Waals surface area (Å²) >= 11 is 0. The van der Waals surface area contributed by atoms with Crippen LogP contribution in [0.2, 0.25) is 0 Å². The van der Waals surface area contributed by atoms with Crippen LogP contribution in [0.15, 0.2) is 24.3 Å². The lowest BCUT2D eigenvalue weighted by atomic mass is 9.91. The number of fused-ring (bicyclic) bond motifs is 1. The number of likely N-dealkylation sites (tertiary alicyclic amines) is 1. The molecule has 40 heavy (non-hydrogen) atoms. The van der Waals surface area contributed by atoms with Crippen molar-refractivity contribution in [3.63, 3.8) is 0 Å². The molecule has 2 aromatic rings. The molecule has 0 bridgehead atoms. The number of rotatable bonds is 9. The van der Waals surface area contributed by atoms with Crippen LogP contribution < -0.4 is 21.1 Å². The first-order valence-corrected chi connectivity index (χ1v) is 13.2. The minimum atomic E-state index is -3.04. The van der Waals surface area contributed by atoms with Crippen molar-refractivity contribution in [2.45, 2.75) is 56.5 Å². The molecule has 13 heteroatoms. The Labute approximate surface area is 228 Å². The van der Waals surface area contributed by atoms with Crippen molar-refractivity contribution in [3.8, 4) is 5.75 Å². The van der Waals surface area contributed by atoms with E-state index in [1.807, 2.05) is 0 Å². The number of nitrogens with two attached hydrogens (primary N) is 1. The first-order chi connectivity index (χ1) is 19.0. The number of piperidine rings is 1. The molecule has 1 saturated carbocycles. The summed E-state index contributed by atoms with van der Waals surface area (Å²) in [5.74, 6) is -6.93. The Morgan fingerprint density at radius 3 is 2.67 bits per heavy atom. The molecular formula is C27H31F2N5O6. The van der Waals surface area contributed by atoms with Crippen LogP contribution in [0.25, 0.3) is 10.9 Å². The molecule has 5 rings (SSSR count). The third-order valence-electron chi connectivity index (χ3n) is 8.36. The number of alkyl halides is 2. The molecule has 2 saturated heterocycles. The highest BCUT2D eigenvalue weighted by Gasteiger charge is 2.75. The molecule has 0 unspecified atom stereocenters. The number of H-pyrrole nitrogens is 1. The number of hydrogen-bond donors (Lipinski definition) is 4. The van der Waals surface area contributed by atoms with Crippen LogP contribution in [0.5, 0.6) is 5.75 Å². The van der Waals surface area contributed by atoms with E-state index in [-0.39, 0.29) is 37.4 Å². The molecule has 1 aromatic heterocycles. The molecule has 3 aliphatic rings. The third kappa shape index (κ3) is 4.88. The molecule has 3 heterocycles. The lowest BCUT2D eigenvalue weighted by Crippen LogP contribution is -2.53. The van der Waals surface area contributed by atoms with Gasteiger partial charge < -0.3 is 31.0 Å². The van der Waals surface area contributed by atoms with Crippen molar-refractivity contribution in [3.05, 3.63) is 30.0 Å². The second-order valence-corrected chi connectivity index (χ2v) is 10.9. The van der Waals surface area contributed by atoms with Gasteiger partial charge in [-0.2, -0.15) is 0 Å². The van der Waals surface area contributed by atoms with E-state index in [1.165, 1.54) is 13.2 Å². The minimum Gasteiger partial charge on any atom is -0.496 e. The minimum absolute atomic E-state index is 0.0462. The molecule has 214 valence electrons. The molecule has 4 atom stereocenters. The number of Topliss-reactive ketones (excluding diaryl/α,β-unsaturated/α-hetero) is 1. The molecule has 5 N–H and O–H groups in total. The number of hydrogen-bond acceptors (Lipinski definition) is 6. The molecule has 1 aromatic carbocycles. The number of ketones is 1. The zero-order chi connectivity index (χ0) is 28.8. The fourth-order valence-electron chi connectivity index (χ4n) is 5.97. The number of carbonyl (C=O) groups excluding carboxylic acids is 5. The van der Waals surface area contributed by atoms with Crippen molar-refractivity contribution in [2.75, 3.05) is 20.2 Å². The van der Waals surface area contributed by atoms with Crippen molar-refractivity contribution in [1.82, 2.24) is 20.5 Å². The number of aromatic nitrogens is 1. The van der Waals surface area contributed by atoms with Gasteiger partial charge in [0, 0.05) is 36.3 Å². The van der Waals surface area contributed by atoms with Gasteiger partial charge in [0.1, 0.15) is 17.5 Å². The van der Waals surface area contributed by atoms with E-state index in [9.17, 15) is 32.8 Å². The van der Waals surface area contributed by atoms with Crippen LogP contribution in [0.4, 0.5) is 8.78 Å². The van der Waals surface area contributed by atoms with Crippen LogP contribution in [-0.2, 0) is 19.2 Å². The van der Waals surface area contributed by atoms with Gasteiger partial charge in [0.05, 0.1) is 18.6 Å². The second kappa shape index (κ2) is 10.2. The largest absolute Gasteiger partial charge is 0.496 e. The first-order valence-electron chi connectivity index (χ1n) is 13.2. The predicted molar refractivity (Wildman–Crippen MR) is 137 cm³/mol. The average molecular weight is 560 g/mol. The highest BCUT2D eigenvalue weighted by Crippen LogP contribution is 2.66. The average Bonchev–Trinajstić information content (AvgIpc) is 3.26. The summed E-state index contributed by atoms with van der Waals surface area (Å²) in [7, 11) is 1.48. The normalized spacial score (nSPS) is 25.9. The van der Waals surface area contributed by atoms with E-state index in [4.69, 9.17) is 10.5 Å². The number of nitrogens with zero attached hydrogens (tertiary/aromatic N) is 1. The molecule has 3 fully saturated rings. The number of aromatic amines is 1. The summed E-state index contributed by atoms with van der Waals surface area (Å²) in [6.45, 7) is 0.205. The third-order valence-corrected chi connectivity index (χ3v) is 8.36. The molecule has 11 nitrogen and oxygen atoms in total. The number of halogens is 2. The van der Waals surface area contributed by atoms with E-state index >= 15 is 0 Å². The van der Waals surface area contributed by atoms with Crippen LogP contribution in [0, 0.1) is 11.3 Å². The summed E-state index contributed by atoms with van der Waals surface area (Å²) < 4.78 is 34.2. The van der Waals surface area contributed by atoms with Crippen molar-refractivity contribution < 1.29 is 37.5 Å². The zero-order valence-corrected chi connectivity index (χ0v) is 21.9. The molecule has 2 aliphatic heterocycles. The Kier molecular flexibility index (Phi) is 7.01. The molecular weight excluding hydrogens is 528 g/mol. The molecule has 4 amide bonds. The van der Waals surface area contributed by atoms with Crippen molar-refractivity contribution in [1.29, 1.82) is 0 Å². The van der Waals surface area contributed by atoms with Gasteiger partial charge in [-0.25, -0.2) is 8.78 Å². The standard InChI is InChI=1S/C27H31F2N5O6/c1-40-20-6-2-5-16-15(20)10-18(32-16)25(39)34-13-26(12-27(26,28)29)11-19(34)24(38)33-17(21(35)22(30)36)8-7-14-4-3-9-31-23(14)37/h2,5-6,10,14,17,19,32H,3-4,7-9,11-13H2,1H3,(H2,30,36)(H,31,37)(H,33,38)/t14-,17-,19-,26-/m0/s1. The quantitative estimate of drug-likeness (QED) is 0.338. The summed E-state index contributed by atoms with van der Waals surface area (Å²) in [4.78, 5) is 67.6. The number of ether oxygens (including phenoxy) is 1. The van der Waals surface area contributed by atoms with Gasteiger partial charge >= 0.3 is 0 Å². The topological polar surface area (TPSA) is 164 Å². The molecule has 1 aliphatic carbocycles. The van der Waals surface area contributed by atoms with E-state index in [2.05, 4.69) is 15.6 Å². The number of amides is 4. The van der Waals surface area contributed by atoms with E-state index in [0.29, 0.717) is 29.6 Å². The summed E-state index contributed by atoms with van der Waals surface area (Å²) in [6, 6.07) is 4.04. The lowest BCUT2D eigenvalue weighted by molar-refractivity contribution is -0.139. The van der Waals surface area contributed by atoms with Gasteiger partial charge in [-0.3, -0.25) is 24.0 Å². The maximum Gasteiger partial charge on any atom is 0.287 e. The van der Waals surface area contributed by atoms with Gasteiger partial charge in [-0.15, -0.1) is 0 Å². The van der Waals surface area contributed by atoms with Gasteiger partial charge in [-0.1, -0.05) is 6.07 Å². The van der Waals surface area contributed by atoms with Crippen LogP contribution in [-0.4, -0.2) is 77.5 Å². The van der Waals surface area contributed by atoms with E-state index in [0.717, 1.165) is 11.3 Å². The summed E-state index contributed by atoms with van der Waals surface area (Å²) in [5, 5.41) is 5.83. The van der Waals surface area contributed by atoms with Gasteiger partial charge in [0.25, 0.3) is 17.7 Å². The number of benzene rings is 1. The van der Waals surface area contributed by atoms with Crippen LogP contribution in [0.1, 0.15) is 49.0 Å². The number of primary amides is 1. The predicted octanol–water partition coefficient (Wildman–Crippen LogP) is 1.26. The Balaban J connectivity index is 1.38. The van der Waals surface area contributed by atoms with Gasteiger partial charge in [0.15, 0.2) is 0 Å². The van der Waals surface area contributed by atoms with Crippen molar-refractivity contribution in [2.24, 2.45) is 17.1 Å². The SMILES string of the molecule is COc1cccc2[nH]c(C(=O)N3C[C@]4(C[C@H]3C(=O)N[C@@H](CC[C@@H]3CCCNC3=O)C(=O)C(N)=O)CC4(F)F)cc12. The highest BCUT2D eigenvalue weighted by atomic mass is 19.3. The Morgan fingerprint density at radius 1 is 1.27 bits per heavy atom. The monoisotopic (exact) mass is 559 g/mol. The van der Waals surface area contributed by atoms with Gasteiger partial charge in [0.2, 0.25) is 17.6 Å². The molecule has 1 spiro atoms. The first kappa shape index (κ1) is 27.5. The lowest BCUT2D eigenvalue weighted by Gasteiger charge is -2.27. The van der Waals surface area contributed by atoms with Crippen LogP contribution in [0.3, 0.4) is 0 Å². The Hall–Kier alpha value is -4.03. The fraction of sp³-hybridized carbons (Fsp3) is 0.519. The highest BCUT2D eigenvalue weighted by molar-refractivity contribution is 6.37. The van der Waals surface area contributed by atoms with Crippen LogP contribution >= 0.6 is 0 Å². The Morgan fingerprint density at radius 2 is 2.02 bits per heavy atom. The second-order valence-electron chi connectivity index (χ2n) is 10.9. The Bertz CT molecular complexity index is 1390. The van der Waals surface area contributed by atoms with Crippen molar-refractivity contribution >= 4 is 40.3 Å². The maximum atomic E-state index is 14.4. The fourth-order valence-corrected chi connectivity index (χ4v) is 5.97. The van der Waals surface area contributed by atoms with E-state index < -0.39 is 59.3 Å². The number of carbonyl (C=O) groups is 5. The smallest absolute Gasteiger partial charge is 0.287 e. The summed E-state index contributed by atoms with van der Waals surface area (Å²) in [6.07, 6.45) is 0.747.